The molecule has 0 radical (unpaired) electrons. The third-order valence-corrected chi connectivity index (χ3v) is 3.15. The second-order valence-electron chi connectivity index (χ2n) is 4.67. The fourth-order valence-corrected chi connectivity index (χ4v) is 2.03. The summed E-state index contributed by atoms with van der Waals surface area (Å²) in [5, 5.41) is 7.38. The Hall–Kier alpha value is -2.89. The lowest BCUT2D eigenvalue weighted by Gasteiger charge is -2.08. The molecular weight excluding hydrogens is 264 g/mol. The van der Waals surface area contributed by atoms with E-state index in [1.165, 1.54) is 0 Å². The molecule has 0 atom stereocenters. The summed E-state index contributed by atoms with van der Waals surface area (Å²) >= 11 is 0. The molecule has 2 heterocycles. The number of aryl methyl sites for hydroxylation is 1. The van der Waals surface area contributed by atoms with Gasteiger partial charge in [-0.15, -0.1) is 0 Å². The highest BCUT2D eigenvalue weighted by atomic mass is 15.3. The van der Waals surface area contributed by atoms with Crippen molar-refractivity contribution >= 4 is 11.6 Å². The van der Waals surface area contributed by atoms with Gasteiger partial charge in [0.25, 0.3) is 0 Å². The van der Waals surface area contributed by atoms with Crippen molar-refractivity contribution in [2.24, 2.45) is 7.05 Å². The molecule has 6 nitrogen and oxygen atoms in total. The van der Waals surface area contributed by atoms with Crippen LogP contribution >= 0.6 is 0 Å². The number of benzene rings is 1. The van der Waals surface area contributed by atoms with E-state index in [1.807, 2.05) is 48.1 Å². The predicted octanol–water partition coefficient (Wildman–Crippen LogP) is 2.07. The van der Waals surface area contributed by atoms with Crippen LogP contribution in [-0.4, -0.2) is 19.7 Å². The molecular formula is C15H16N6. The third kappa shape index (κ3) is 3.00. The van der Waals surface area contributed by atoms with Crippen molar-refractivity contribution in [2.45, 2.75) is 6.54 Å². The van der Waals surface area contributed by atoms with Crippen LogP contribution in [0.4, 0.5) is 11.6 Å². The van der Waals surface area contributed by atoms with E-state index in [1.54, 1.807) is 12.3 Å². The zero-order valence-corrected chi connectivity index (χ0v) is 11.7. The molecule has 0 bridgehead atoms. The van der Waals surface area contributed by atoms with Crippen molar-refractivity contribution in [2.75, 3.05) is 11.1 Å². The Morgan fingerprint density at radius 1 is 1.14 bits per heavy atom. The molecule has 0 saturated carbocycles. The van der Waals surface area contributed by atoms with E-state index < -0.39 is 0 Å². The van der Waals surface area contributed by atoms with Crippen molar-refractivity contribution in [3.63, 3.8) is 0 Å². The lowest BCUT2D eigenvalue weighted by atomic mass is 10.2. The maximum atomic E-state index is 5.87. The van der Waals surface area contributed by atoms with E-state index in [0.29, 0.717) is 24.0 Å². The molecule has 21 heavy (non-hydrogen) atoms. The van der Waals surface area contributed by atoms with Gasteiger partial charge in [-0.1, -0.05) is 30.3 Å². The second-order valence-corrected chi connectivity index (χ2v) is 4.67. The molecule has 0 spiro atoms. The van der Waals surface area contributed by atoms with Gasteiger partial charge in [-0.05, 0) is 6.07 Å². The van der Waals surface area contributed by atoms with E-state index in [9.17, 15) is 0 Å². The monoisotopic (exact) mass is 280 g/mol. The van der Waals surface area contributed by atoms with Crippen molar-refractivity contribution in [1.29, 1.82) is 0 Å². The highest BCUT2D eigenvalue weighted by molar-refractivity contribution is 5.60. The summed E-state index contributed by atoms with van der Waals surface area (Å²) in [5.41, 5.74) is 7.87. The number of nitrogens with one attached hydrogen (secondary N) is 1. The van der Waals surface area contributed by atoms with Gasteiger partial charge in [-0.25, -0.2) is 9.97 Å². The minimum absolute atomic E-state index is 0.441. The first-order chi connectivity index (χ1) is 10.2. The summed E-state index contributed by atoms with van der Waals surface area (Å²) in [6, 6.07) is 13.4. The van der Waals surface area contributed by atoms with Crippen molar-refractivity contribution in [3.05, 3.63) is 54.4 Å². The standard InChI is InChI=1S/C15H16N6/c1-21-12(7-8-18-21)10-17-14-9-13(16)19-15(20-14)11-5-3-2-4-6-11/h2-9H,10H2,1H3,(H3,16,17,19,20). The molecule has 1 aromatic carbocycles. The van der Waals surface area contributed by atoms with Crippen LogP contribution in [0.5, 0.6) is 0 Å². The lowest BCUT2D eigenvalue weighted by molar-refractivity contribution is 0.720. The van der Waals surface area contributed by atoms with Crippen LogP contribution in [0.15, 0.2) is 48.7 Å². The number of rotatable bonds is 4. The largest absolute Gasteiger partial charge is 0.384 e. The Morgan fingerprint density at radius 2 is 1.95 bits per heavy atom. The van der Waals surface area contributed by atoms with E-state index in [2.05, 4.69) is 20.4 Å². The van der Waals surface area contributed by atoms with Gasteiger partial charge in [0.1, 0.15) is 11.6 Å². The van der Waals surface area contributed by atoms with Crippen LogP contribution in [0.25, 0.3) is 11.4 Å². The summed E-state index contributed by atoms with van der Waals surface area (Å²) in [7, 11) is 1.90. The van der Waals surface area contributed by atoms with E-state index >= 15 is 0 Å². The quantitative estimate of drug-likeness (QED) is 0.764. The first kappa shape index (κ1) is 13.1. The first-order valence-corrected chi connectivity index (χ1v) is 6.63. The van der Waals surface area contributed by atoms with Crippen LogP contribution in [0.1, 0.15) is 5.69 Å². The van der Waals surface area contributed by atoms with Crippen molar-refractivity contribution in [1.82, 2.24) is 19.7 Å². The van der Waals surface area contributed by atoms with Gasteiger partial charge in [-0.3, -0.25) is 4.68 Å². The molecule has 0 saturated heterocycles. The van der Waals surface area contributed by atoms with Gasteiger partial charge in [-0.2, -0.15) is 5.10 Å². The summed E-state index contributed by atoms with van der Waals surface area (Å²) in [6.07, 6.45) is 1.76. The second kappa shape index (κ2) is 5.62. The zero-order chi connectivity index (χ0) is 14.7. The Balaban J connectivity index is 1.83. The topological polar surface area (TPSA) is 81.7 Å². The van der Waals surface area contributed by atoms with Gasteiger partial charge in [0, 0.05) is 24.9 Å². The first-order valence-electron chi connectivity index (χ1n) is 6.63. The highest BCUT2D eigenvalue weighted by Crippen LogP contribution is 2.18. The minimum Gasteiger partial charge on any atom is -0.384 e. The highest BCUT2D eigenvalue weighted by Gasteiger charge is 2.06. The van der Waals surface area contributed by atoms with Crippen LogP contribution in [0.2, 0.25) is 0 Å². The van der Waals surface area contributed by atoms with Gasteiger partial charge in [0.15, 0.2) is 5.82 Å². The van der Waals surface area contributed by atoms with Crippen molar-refractivity contribution in [3.8, 4) is 11.4 Å². The number of hydrogen-bond acceptors (Lipinski definition) is 5. The zero-order valence-electron chi connectivity index (χ0n) is 11.7. The number of nitrogens with zero attached hydrogens (tertiary/aromatic N) is 4. The molecule has 3 N–H and O–H groups in total. The lowest BCUT2D eigenvalue weighted by Crippen LogP contribution is -2.08. The SMILES string of the molecule is Cn1nccc1CNc1cc(N)nc(-c2ccccc2)n1. The molecule has 0 aliphatic heterocycles. The molecule has 0 aliphatic rings. The van der Waals surface area contributed by atoms with Gasteiger partial charge in [0.2, 0.25) is 0 Å². The minimum atomic E-state index is 0.441. The predicted molar refractivity (Wildman–Crippen MR) is 82.4 cm³/mol. The molecule has 6 heteroatoms. The summed E-state index contributed by atoms with van der Waals surface area (Å²) < 4.78 is 1.82. The van der Waals surface area contributed by atoms with Gasteiger partial charge < -0.3 is 11.1 Å². The normalized spacial score (nSPS) is 10.5. The van der Waals surface area contributed by atoms with Gasteiger partial charge in [0.05, 0.1) is 12.2 Å². The maximum absolute atomic E-state index is 5.87. The fraction of sp³-hybridized carbons (Fsp3) is 0.133. The maximum Gasteiger partial charge on any atom is 0.163 e. The molecule has 3 aromatic rings. The Bertz CT molecular complexity index is 735. The fourth-order valence-electron chi connectivity index (χ4n) is 2.03. The number of nitrogens with two attached hydrogens (primary N) is 1. The van der Waals surface area contributed by atoms with E-state index in [-0.39, 0.29) is 0 Å². The van der Waals surface area contributed by atoms with Crippen LogP contribution in [0.3, 0.4) is 0 Å². The summed E-state index contributed by atoms with van der Waals surface area (Å²) in [4.78, 5) is 8.78. The van der Waals surface area contributed by atoms with Crippen molar-refractivity contribution < 1.29 is 0 Å². The third-order valence-electron chi connectivity index (χ3n) is 3.15. The molecule has 0 amide bonds. The molecule has 3 rings (SSSR count). The Labute approximate surface area is 122 Å². The number of anilines is 2. The number of nitrogen functional groups attached to an aromatic ring is 1. The van der Waals surface area contributed by atoms with Crippen LogP contribution in [-0.2, 0) is 13.6 Å². The molecule has 106 valence electrons. The van der Waals surface area contributed by atoms with E-state index in [4.69, 9.17) is 5.73 Å². The van der Waals surface area contributed by atoms with Gasteiger partial charge >= 0.3 is 0 Å². The molecule has 0 aliphatic carbocycles. The van der Waals surface area contributed by atoms with E-state index in [0.717, 1.165) is 11.3 Å². The number of hydrogen-bond donors (Lipinski definition) is 2. The molecule has 0 unspecified atom stereocenters. The van der Waals surface area contributed by atoms with Crippen LogP contribution < -0.4 is 11.1 Å². The Kier molecular flexibility index (Phi) is 3.51. The smallest absolute Gasteiger partial charge is 0.163 e. The van der Waals surface area contributed by atoms with Crippen LogP contribution in [0, 0.1) is 0 Å². The number of aromatic nitrogens is 4. The average Bonchev–Trinajstić information content (AvgIpc) is 2.91. The Morgan fingerprint density at radius 3 is 2.67 bits per heavy atom. The average molecular weight is 280 g/mol. The molecule has 0 fully saturated rings. The summed E-state index contributed by atoms with van der Waals surface area (Å²) in [5.74, 6) is 1.75. The summed E-state index contributed by atoms with van der Waals surface area (Å²) in [6.45, 7) is 0.626. The molecule has 2 aromatic heterocycles.